The zero-order valence-corrected chi connectivity index (χ0v) is 11.9. The van der Waals surface area contributed by atoms with E-state index >= 15 is 0 Å². The Hall–Kier alpha value is -1.10. The summed E-state index contributed by atoms with van der Waals surface area (Å²) in [4.78, 5) is 0. The van der Waals surface area contributed by atoms with Crippen molar-refractivity contribution in [2.45, 2.75) is 38.4 Å². The number of rotatable bonds is 4. The fourth-order valence-corrected chi connectivity index (χ4v) is 3.77. The maximum atomic E-state index is 13.8. The van der Waals surface area contributed by atoms with Gasteiger partial charge in [-0.1, -0.05) is 13.0 Å². The molecule has 2 aliphatic rings. The van der Waals surface area contributed by atoms with Crippen LogP contribution in [0.1, 0.15) is 43.4 Å². The van der Waals surface area contributed by atoms with Crippen LogP contribution in [0.15, 0.2) is 18.2 Å². The average Bonchev–Trinajstić information content (AvgIpc) is 3.01. The van der Waals surface area contributed by atoms with Gasteiger partial charge in [0, 0.05) is 6.04 Å². The number of fused-ring (bicyclic) bond motifs is 1. The second kappa shape index (κ2) is 5.27. The minimum Gasteiger partial charge on any atom is -0.310 e. The molecule has 0 aromatic heterocycles. The third-order valence-electron chi connectivity index (χ3n) is 4.83. The van der Waals surface area contributed by atoms with Gasteiger partial charge in [-0.25, -0.2) is 4.39 Å². The van der Waals surface area contributed by atoms with Crippen molar-refractivity contribution < 1.29 is 17.6 Å². The van der Waals surface area contributed by atoms with E-state index in [2.05, 4.69) is 5.32 Å². The van der Waals surface area contributed by atoms with Crippen LogP contribution in [0.2, 0.25) is 0 Å². The molecule has 3 rings (SSSR count). The molecule has 5 heteroatoms. The summed E-state index contributed by atoms with van der Waals surface area (Å²) in [5, 5.41) is 3.32. The van der Waals surface area contributed by atoms with Crippen LogP contribution < -0.4 is 5.32 Å². The minimum atomic E-state index is -4.63. The smallest absolute Gasteiger partial charge is 0.310 e. The molecule has 3 unspecified atom stereocenters. The highest BCUT2D eigenvalue weighted by atomic mass is 19.4. The normalized spacial score (nSPS) is 29.3. The van der Waals surface area contributed by atoms with Crippen molar-refractivity contribution >= 4 is 0 Å². The number of hydrogen-bond acceptors (Lipinski definition) is 1. The van der Waals surface area contributed by atoms with Crippen LogP contribution in [0, 0.1) is 23.6 Å². The maximum Gasteiger partial charge on any atom is 0.419 e. The number of hydrogen-bond donors (Lipinski definition) is 1. The monoisotopic (exact) mass is 301 g/mol. The van der Waals surface area contributed by atoms with E-state index in [0.717, 1.165) is 43.4 Å². The Morgan fingerprint density at radius 1 is 1.19 bits per heavy atom. The molecular weight excluding hydrogens is 282 g/mol. The summed E-state index contributed by atoms with van der Waals surface area (Å²) in [6.45, 7) is 2.68. The van der Waals surface area contributed by atoms with Crippen LogP contribution in [0.5, 0.6) is 0 Å². The predicted molar refractivity (Wildman–Crippen MR) is 72.1 cm³/mol. The quantitative estimate of drug-likeness (QED) is 0.805. The van der Waals surface area contributed by atoms with Gasteiger partial charge in [0.2, 0.25) is 0 Å². The second-order valence-corrected chi connectivity index (χ2v) is 6.26. The molecule has 0 aliphatic heterocycles. The highest BCUT2D eigenvalue weighted by Crippen LogP contribution is 2.57. The van der Waals surface area contributed by atoms with Crippen LogP contribution in [0.4, 0.5) is 17.6 Å². The van der Waals surface area contributed by atoms with E-state index in [1.165, 1.54) is 12.5 Å². The Balaban J connectivity index is 1.84. The van der Waals surface area contributed by atoms with E-state index in [4.69, 9.17) is 0 Å². The first-order valence-electron chi connectivity index (χ1n) is 7.50. The van der Waals surface area contributed by atoms with Crippen LogP contribution in [0.3, 0.4) is 0 Å². The molecule has 116 valence electrons. The Morgan fingerprint density at radius 3 is 2.38 bits per heavy atom. The van der Waals surface area contributed by atoms with E-state index in [-0.39, 0.29) is 6.04 Å². The Bertz CT molecular complexity index is 515. The van der Waals surface area contributed by atoms with E-state index < -0.39 is 17.6 Å². The number of halogens is 4. The molecule has 1 aromatic rings. The number of benzene rings is 1. The molecule has 1 aromatic carbocycles. The summed E-state index contributed by atoms with van der Waals surface area (Å²) in [6, 6.07) is 3.30. The van der Waals surface area contributed by atoms with Crippen molar-refractivity contribution in [2.24, 2.45) is 17.8 Å². The van der Waals surface area contributed by atoms with Gasteiger partial charge in [0.25, 0.3) is 0 Å². The molecule has 1 N–H and O–H groups in total. The number of nitrogens with one attached hydrogen (secondary N) is 1. The summed E-state index contributed by atoms with van der Waals surface area (Å²) >= 11 is 0. The van der Waals surface area contributed by atoms with Gasteiger partial charge >= 0.3 is 6.18 Å². The predicted octanol–water partition coefficient (Wildman–Crippen LogP) is 4.54. The third-order valence-corrected chi connectivity index (χ3v) is 4.83. The van der Waals surface area contributed by atoms with Crippen molar-refractivity contribution in [2.75, 3.05) is 6.54 Å². The molecule has 0 saturated heterocycles. The van der Waals surface area contributed by atoms with E-state index in [1.807, 2.05) is 6.92 Å². The summed E-state index contributed by atoms with van der Waals surface area (Å²) < 4.78 is 51.7. The fraction of sp³-hybridized carbons (Fsp3) is 0.625. The molecule has 2 fully saturated rings. The molecule has 0 amide bonds. The Labute approximate surface area is 121 Å². The van der Waals surface area contributed by atoms with Crippen molar-refractivity contribution in [1.82, 2.24) is 5.32 Å². The first kappa shape index (κ1) is 14.8. The van der Waals surface area contributed by atoms with Crippen molar-refractivity contribution in [3.8, 4) is 0 Å². The van der Waals surface area contributed by atoms with Crippen LogP contribution in [-0.2, 0) is 6.18 Å². The zero-order valence-electron chi connectivity index (χ0n) is 11.9. The van der Waals surface area contributed by atoms with Gasteiger partial charge in [0.15, 0.2) is 0 Å². The van der Waals surface area contributed by atoms with E-state index in [1.54, 1.807) is 0 Å². The largest absolute Gasteiger partial charge is 0.419 e. The highest BCUT2D eigenvalue weighted by Gasteiger charge is 2.48. The van der Waals surface area contributed by atoms with Gasteiger partial charge in [0.05, 0.1) is 5.56 Å². The van der Waals surface area contributed by atoms with Gasteiger partial charge in [-0.15, -0.1) is 0 Å². The van der Waals surface area contributed by atoms with E-state index in [9.17, 15) is 17.6 Å². The maximum absolute atomic E-state index is 13.8. The molecule has 0 heterocycles. The third kappa shape index (κ3) is 2.93. The molecule has 2 aliphatic carbocycles. The molecule has 0 bridgehead atoms. The standard InChI is InChI=1S/C16H19F4N/c1-2-21-15(12-6-10-5-11(10)7-12)9-3-4-13(14(17)8-9)16(18,19)20/h3-4,8,10-12,15,21H,2,5-7H2,1H3. The molecule has 0 radical (unpaired) electrons. The Kier molecular flexibility index (Phi) is 3.72. The van der Waals surface area contributed by atoms with Gasteiger partial charge in [-0.3, -0.25) is 0 Å². The van der Waals surface area contributed by atoms with E-state index in [0.29, 0.717) is 11.5 Å². The van der Waals surface area contributed by atoms with Crippen LogP contribution >= 0.6 is 0 Å². The number of alkyl halides is 3. The fourth-order valence-electron chi connectivity index (χ4n) is 3.77. The van der Waals surface area contributed by atoms with Gasteiger partial charge < -0.3 is 5.32 Å². The molecule has 2 saturated carbocycles. The highest BCUT2D eigenvalue weighted by molar-refractivity contribution is 5.29. The molecule has 21 heavy (non-hydrogen) atoms. The molecule has 0 spiro atoms. The lowest BCUT2D eigenvalue weighted by Gasteiger charge is -2.26. The zero-order chi connectivity index (χ0) is 15.2. The lowest BCUT2D eigenvalue weighted by atomic mass is 9.88. The molecule has 3 atom stereocenters. The second-order valence-electron chi connectivity index (χ2n) is 6.26. The SMILES string of the molecule is CCNC(c1ccc(C(F)(F)F)c(F)c1)C1CC2CC2C1. The van der Waals surface area contributed by atoms with Crippen molar-refractivity contribution in [1.29, 1.82) is 0 Å². The summed E-state index contributed by atoms with van der Waals surface area (Å²) in [5.74, 6) is 0.807. The summed E-state index contributed by atoms with van der Waals surface area (Å²) in [6.07, 6.45) is -1.14. The Morgan fingerprint density at radius 2 is 1.86 bits per heavy atom. The molecular formula is C16H19F4N. The van der Waals surface area contributed by atoms with Crippen LogP contribution in [0.25, 0.3) is 0 Å². The lowest BCUT2D eigenvalue weighted by molar-refractivity contribution is -0.140. The summed E-state index contributed by atoms with van der Waals surface area (Å²) in [5.41, 5.74) is -0.551. The first-order valence-corrected chi connectivity index (χ1v) is 7.50. The summed E-state index contributed by atoms with van der Waals surface area (Å²) in [7, 11) is 0. The van der Waals surface area contributed by atoms with Crippen molar-refractivity contribution in [3.05, 3.63) is 35.1 Å². The van der Waals surface area contributed by atoms with Crippen molar-refractivity contribution in [3.63, 3.8) is 0 Å². The topological polar surface area (TPSA) is 12.0 Å². The van der Waals surface area contributed by atoms with Gasteiger partial charge in [0.1, 0.15) is 5.82 Å². The first-order chi connectivity index (χ1) is 9.90. The van der Waals surface area contributed by atoms with Gasteiger partial charge in [-0.2, -0.15) is 13.2 Å². The lowest BCUT2D eigenvalue weighted by Crippen LogP contribution is -2.28. The van der Waals surface area contributed by atoms with Crippen LogP contribution in [-0.4, -0.2) is 6.54 Å². The molecule has 1 nitrogen and oxygen atoms in total. The van der Waals surface area contributed by atoms with Gasteiger partial charge in [-0.05, 0) is 61.3 Å². The minimum absolute atomic E-state index is 0.0421. The average molecular weight is 301 g/mol.